The van der Waals surface area contributed by atoms with E-state index in [9.17, 15) is 9.90 Å². The van der Waals surface area contributed by atoms with Crippen molar-refractivity contribution in [3.8, 4) is 11.1 Å². The van der Waals surface area contributed by atoms with E-state index in [4.69, 9.17) is 4.74 Å². The van der Waals surface area contributed by atoms with E-state index in [1.807, 2.05) is 30.3 Å². The Morgan fingerprint density at radius 1 is 1.06 bits per heavy atom. The molecule has 1 fully saturated rings. The molecule has 0 bridgehead atoms. The molecule has 2 aromatic carbocycles. The number of aromatic nitrogens is 1. The molecule has 1 saturated heterocycles. The zero-order valence-corrected chi connectivity index (χ0v) is 17.2. The third-order valence-electron chi connectivity index (χ3n) is 6.08. The van der Waals surface area contributed by atoms with Gasteiger partial charge >= 0.3 is 6.09 Å². The van der Waals surface area contributed by atoms with Crippen LogP contribution in [-0.2, 0) is 4.74 Å². The topological polar surface area (TPSA) is 74.7 Å². The van der Waals surface area contributed by atoms with E-state index in [2.05, 4.69) is 39.5 Å². The number of aliphatic hydroxyl groups excluding tert-OH is 1. The second-order valence-corrected chi connectivity index (χ2v) is 8.09. The molecule has 1 atom stereocenters. The lowest BCUT2D eigenvalue weighted by Crippen LogP contribution is -2.38. The summed E-state index contributed by atoms with van der Waals surface area (Å²) in [7, 11) is 0. The van der Waals surface area contributed by atoms with E-state index in [1.54, 1.807) is 12.3 Å². The molecule has 0 radical (unpaired) electrons. The van der Waals surface area contributed by atoms with Crippen molar-refractivity contribution in [3.05, 3.63) is 78.0 Å². The van der Waals surface area contributed by atoms with Crippen molar-refractivity contribution in [2.75, 3.05) is 29.9 Å². The van der Waals surface area contributed by atoms with Crippen LogP contribution in [0.25, 0.3) is 11.1 Å². The van der Waals surface area contributed by atoms with Gasteiger partial charge in [-0.05, 0) is 47.2 Å². The molecule has 2 heterocycles. The number of nitrogens with zero attached hydrogens (tertiary/aromatic N) is 2. The van der Waals surface area contributed by atoms with Crippen molar-refractivity contribution in [1.29, 1.82) is 0 Å². The maximum Gasteiger partial charge on any atom is 0.412 e. The summed E-state index contributed by atoms with van der Waals surface area (Å²) in [6.07, 6.45) is 2.70. The second kappa shape index (κ2) is 8.40. The molecule has 158 valence electrons. The summed E-state index contributed by atoms with van der Waals surface area (Å²) in [5, 5.41) is 12.6. The number of carbonyl (C=O) groups is 1. The maximum atomic E-state index is 12.4. The van der Waals surface area contributed by atoms with E-state index in [1.165, 1.54) is 22.3 Å². The first kappa shape index (κ1) is 19.6. The molecule has 2 aliphatic rings. The highest BCUT2D eigenvalue weighted by Gasteiger charge is 2.29. The Hall–Kier alpha value is -3.38. The normalized spacial score (nSPS) is 17.7. The van der Waals surface area contributed by atoms with Crippen molar-refractivity contribution in [1.82, 2.24) is 4.98 Å². The molecule has 1 aliphatic heterocycles. The van der Waals surface area contributed by atoms with Crippen LogP contribution in [0.5, 0.6) is 0 Å². The van der Waals surface area contributed by atoms with Crippen LogP contribution in [0.15, 0.2) is 66.9 Å². The Morgan fingerprint density at radius 3 is 2.42 bits per heavy atom. The first-order chi connectivity index (χ1) is 15.2. The number of ether oxygens (including phenoxy) is 1. The van der Waals surface area contributed by atoms with Gasteiger partial charge in [0.1, 0.15) is 12.4 Å². The molecule has 1 amide bonds. The molecule has 5 rings (SSSR count). The summed E-state index contributed by atoms with van der Waals surface area (Å²) < 4.78 is 5.57. The van der Waals surface area contributed by atoms with E-state index >= 15 is 0 Å². The van der Waals surface area contributed by atoms with Crippen LogP contribution in [0, 0.1) is 0 Å². The zero-order chi connectivity index (χ0) is 21.2. The molecule has 31 heavy (non-hydrogen) atoms. The number of aliphatic hydroxyl groups is 1. The van der Waals surface area contributed by atoms with Crippen LogP contribution in [-0.4, -0.2) is 42.0 Å². The Bertz CT molecular complexity index is 1040. The number of piperidine rings is 1. The Morgan fingerprint density at radius 2 is 1.77 bits per heavy atom. The molecule has 0 spiro atoms. The molecule has 3 aromatic rings. The lowest BCUT2D eigenvalue weighted by molar-refractivity contribution is 0.154. The molecule has 1 unspecified atom stereocenters. The van der Waals surface area contributed by atoms with Crippen molar-refractivity contribution in [2.45, 2.75) is 24.9 Å². The predicted molar refractivity (Wildman–Crippen MR) is 120 cm³/mol. The first-order valence-corrected chi connectivity index (χ1v) is 10.7. The number of carbonyl (C=O) groups excluding carboxylic acids is 1. The monoisotopic (exact) mass is 415 g/mol. The van der Waals surface area contributed by atoms with E-state index < -0.39 is 6.09 Å². The number of hydrogen-bond acceptors (Lipinski definition) is 5. The average Bonchev–Trinajstić information content (AvgIpc) is 3.12. The highest BCUT2D eigenvalue weighted by molar-refractivity contribution is 5.84. The summed E-state index contributed by atoms with van der Waals surface area (Å²) >= 11 is 0. The summed E-state index contributed by atoms with van der Waals surface area (Å²) in [6, 6.07) is 20.2. The second-order valence-electron chi connectivity index (χ2n) is 8.09. The molecule has 0 saturated carbocycles. The minimum absolute atomic E-state index is 0.0269. The summed E-state index contributed by atoms with van der Waals surface area (Å²) in [4.78, 5) is 18.9. The number of anilines is 2. The highest BCUT2D eigenvalue weighted by Crippen LogP contribution is 2.44. The number of pyridine rings is 1. The average molecular weight is 415 g/mol. The number of nitrogens with one attached hydrogen (secondary N) is 1. The Labute approximate surface area is 181 Å². The Balaban J connectivity index is 1.22. The fourth-order valence-electron chi connectivity index (χ4n) is 4.58. The largest absolute Gasteiger partial charge is 0.448 e. The minimum atomic E-state index is -0.518. The van der Waals surface area contributed by atoms with Gasteiger partial charge in [0, 0.05) is 19.0 Å². The lowest BCUT2D eigenvalue weighted by Gasteiger charge is -2.31. The van der Waals surface area contributed by atoms with Gasteiger partial charge in [0.15, 0.2) is 0 Å². The summed E-state index contributed by atoms with van der Waals surface area (Å²) in [5.74, 6) is 0.470. The van der Waals surface area contributed by atoms with Crippen LogP contribution < -0.4 is 10.2 Å². The number of benzene rings is 2. The number of β-amino-alcohol motifs (C(OH)–C–C–N with tert-alkyl or cyclic N) is 1. The lowest BCUT2D eigenvalue weighted by atomic mass is 9.98. The van der Waals surface area contributed by atoms with E-state index in [0.717, 1.165) is 25.1 Å². The smallest absolute Gasteiger partial charge is 0.412 e. The zero-order valence-electron chi connectivity index (χ0n) is 17.2. The SMILES string of the molecule is O=C(Nc1ccc(N2CCCC(O)C2)cn1)OCC1c2ccccc2-c2ccccc21. The van der Waals surface area contributed by atoms with Crippen LogP contribution in [0.4, 0.5) is 16.3 Å². The molecular formula is C25H25N3O3. The number of amides is 1. The van der Waals surface area contributed by atoms with Crippen LogP contribution in [0.3, 0.4) is 0 Å². The Kier molecular flexibility index (Phi) is 5.30. The third-order valence-corrected chi connectivity index (χ3v) is 6.08. The minimum Gasteiger partial charge on any atom is -0.448 e. The fourth-order valence-corrected chi connectivity index (χ4v) is 4.58. The van der Waals surface area contributed by atoms with Crippen LogP contribution in [0.1, 0.15) is 29.9 Å². The molecule has 1 aliphatic carbocycles. The quantitative estimate of drug-likeness (QED) is 0.661. The van der Waals surface area contributed by atoms with Gasteiger partial charge in [0.05, 0.1) is 18.0 Å². The maximum absolute atomic E-state index is 12.4. The van der Waals surface area contributed by atoms with Crippen molar-refractivity contribution < 1.29 is 14.6 Å². The summed E-state index contributed by atoms with van der Waals surface area (Å²) in [5.41, 5.74) is 5.71. The van der Waals surface area contributed by atoms with Gasteiger partial charge in [-0.25, -0.2) is 9.78 Å². The van der Waals surface area contributed by atoms with Gasteiger partial charge < -0.3 is 14.7 Å². The van der Waals surface area contributed by atoms with Crippen molar-refractivity contribution in [3.63, 3.8) is 0 Å². The van der Waals surface area contributed by atoms with Crippen LogP contribution in [0.2, 0.25) is 0 Å². The predicted octanol–water partition coefficient (Wildman–Crippen LogP) is 4.40. The number of fused-ring (bicyclic) bond motifs is 3. The van der Waals surface area contributed by atoms with E-state index in [0.29, 0.717) is 12.4 Å². The molecular weight excluding hydrogens is 390 g/mol. The van der Waals surface area contributed by atoms with Gasteiger partial charge in [-0.15, -0.1) is 0 Å². The van der Waals surface area contributed by atoms with Gasteiger partial charge in [-0.1, -0.05) is 48.5 Å². The van der Waals surface area contributed by atoms with Crippen LogP contribution >= 0.6 is 0 Å². The molecule has 1 aromatic heterocycles. The number of hydrogen-bond donors (Lipinski definition) is 2. The van der Waals surface area contributed by atoms with Crippen molar-refractivity contribution in [2.24, 2.45) is 0 Å². The van der Waals surface area contributed by atoms with Gasteiger partial charge in [-0.3, -0.25) is 5.32 Å². The highest BCUT2D eigenvalue weighted by atomic mass is 16.5. The van der Waals surface area contributed by atoms with Gasteiger partial charge in [-0.2, -0.15) is 0 Å². The fraction of sp³-hybridized carbons (Fsp3) is 0.280. The standard InChI is InChI=1S/C25H25N3O3/c29-18-6-5-13-28(15-18)17-11-12-24(26-14-17)27-25(30)31-16-23-21-9-3-1-7-19(21)20-8-2-4-10-22(20)23/h1-4,7-12,14,18,23,29H,5-6,13,15-16H2,(H,26,27,30). The molecule has 6 heteroatoms. The molecule has 6 nitrogen and oxygen atoms in total. The van der Waals surface area contributed by atoms with E-state index in [-0.39, 0.29) is 18.6 Å². The van der Waals surface area contributed by atoms with Gasteiger partial charge in [0.25, 0.3) is 0 Å². The summed E-state index contributed by atoms with van der Waals surface area (Å²) in [6.45, 7) is 1.78. The van der Waals surface area contributed by atoms with Gasteiger partial charge in [0.2, 0.25) is 0 Å². The third kappa shape index (κ3) is 3.99. The molecule has 2 N–H and O–H groups in total. The number of rotatable bonds is 4. The first-order valence-electron chi connectivity index (χ1n) is 10.7. The van der Waals surface area contributed by atoms with Crippen molar-refractivity contribution >= 4 is 17.6 Å².